The molecule has 0 aliphatic rings. The molecule has 2 aromatic carbocycles. The summed E-state index contributed by atoms with van der Waals surface area (Å²) in [5, 5.41) is 5.87. The molecule has 5 nitrogen and oxygen atoms in total. The first-order valence-electron chi connectivity index (χ1n) is 7.63. The molecule has 0 spiro atoms. The zero-order valence-corrected chi connectivity index (χ0v) is 13.7. The van der Waals surface area contributed by atoms with Crippen molar-refractivity contribution in [2.45, 2.75) is 6.18 Å². The molecule has 0 amide bonds. The van der Waals surface area contributed by atoms with Gasteiger partial charge in [0.15, 0.2) is 0 Å². The van der Waals surface area contributed by atoms with E-state index in [1.807, 2.05) is 12.1 Å². The maximum Gasteiger partial charge on any atom is 0.416 e. The third-order valence-electron chi connectivity index (χ3n) is 3.47. The van der Waals surface area contributed by atoms with Gasteiger partial charge in [-0.1, -0.05) is 18.2 Å². The lowest BCUT2D eigenvalue weighted by Crippen LogP contribution is -2.06. The van der Waals surface area contributed by atoms with E-state index in [9.17, 15) is 13.2 Å². The molecule has 0 fully saturated rings. The number of ether oxygens (including phenoxy) is 1. The Bertz CT molecular complexity index is 899. The molecule has 0 saturated heterocycles. The molecule has 3 rings (SSSR count). The van der Waals surface area contributed by atoms with Crippen LogP contribution in [0.15, 0.2) is 60.8 Å². The number of benzene rings is 2. The molecule has 0 saturated carbocycles. The number of methoxy groups -OCH3 is 1. The minimum absolute atomic E-state index is 0.279. The average molecular weight is 360 g/mol. The second-order valence-electron chi connectivity index (χ2n) is 5.29. The molecule has 0 aliphatic heterocycles. The zero-order chi connectivity index (χ0) is 18.6. The minimum atomic E-state index is -4.40. The summed E-state index contributed by atoms with van der Waals surface area (Å²) in [6, 6.07) is 13.7. The van der Waals surface area contributed by atoms with Crippen LogP contribution in [-0.4, -0.2) is 17.1 Å². The van der Waals surface area contributed by atoms with Crippen LogP contribution < -0.4 is 15.4 Å². The molecule has 2 N–H and O–H groups in total. The molecule has 0 atom stereocenters. The van der Waals surface area contributed by atoms with Gasteiger partial charge < -0.3 is 15.4 Å². The third kappa shape index (κ3) is 4.21. The van der Waals surface area contributed by atoms with Crippen molar-refractivity contribution in [1.82, 2.24) is 9.97 Å². The summed E-state index contributed by atoms with van der Waals surface area (Å²) in [6.45, 7) is 0. The number of nitrogens with zero attached hydrogens (tertiary/aromatic N) is 2. The highest BCUT2D eigenvalue weighted by Gasteiger charge is 2.30. The lowest BCUT2D eigenvalue weighted by molar-refractivity contribution is -0.137. The van der Waals surface area contributed by atoms with Crippen LogP contribution in [-0.2, 0) is 6.18 Å². The van der Waals surface area contributed by atoms with Crippen LogP contribution in [0.4, 0.5) is 36.3 Å². The number of aromatic nitrogens is 2. The smallest absolute Gasteiger partial charge is 0.416 e. The first-order valence-corrected chi connectivity index (χ1v) is 7.63. The van der Waals surface area contributed by atoms with E-state index in [0.717, 1.165) is 12.1 Å². The van der Waals surface area contributed by atoms with E-state index in [1.54, 1.807) is 25.3 Å². The fourth-order valence-electron chi connectivity index (χ4n) is 2.28. The van der Waals surface area contributed by atoms with E-state index in [0.29, 0.717) is 17.3 Å². The number of nitrogens with one attached hydrogen (secondary N) is 2. The predicted octanol–water partition coefficient (Wildman–Crippen LogP) is 4.99. The van der Waals surface area contributed by atoms with Gasteiger partial charge in [-0.15, -0.1) is 0 Å². The highest BCUT2D eigenvalue weighted by Crippen LogP contribution is 2.31. The fourth-order valence-corrected chi connectivity index (χ4v) is 2.28. The molecule has 0 radical (unpaired) electrons. The van der Waals surface area contributed by atoms with Crippen molar-refractivity contribution in [3.8, 4) is 5.75 Å². The maximum atomic E-state index is 12.8. The lowest BCUT2D eigenvalue weighted by atomic mass is 10.2. The summed E-state index contributed by atoms with van der Waals surface area (Å²) in [6.07, 6.45) is -2.90. The van der Waals surface area contributed by atoms with Crippen molar-refractivity contribution in [2.75, 3.05) is 17.7 Å². The van der Waals surface area contributed by atoms with Crippen molar-refractivity contribution in [2.24, 2.45) is 0 Å². The average Bonchev–Trinajstić information content (AvgIpc) is 2.62. The van der Waals surface area contributed by atoms with Crippen LogP contribution in [0.1, 0.15) is 5.56 Å². The van der Waals surface area contributed by atoms with Gasteiger partial charge in [0.25, 0.3) is 0 Å². The van der Waals surface area contributed by atoms with Gasteiger partial charge in [-0.2, -0.15) is 18.2 Å². The van der Waals surface area contributed by atoms with E-state index in [-0.39, 0.29) is 11.6 Å². The second-order valence-corrected chi connectivity index (χ2v) is 5.29. The lowest BCUT2D eigenvalue weighted by Gasteiger charge is -2.12. The fraction of sp³-hybridized carbons (Fsp3) is 0.111. The van der Waals surface area contributed by atoms with Gasteiger partial charge in [0.2, 0.25) is 5.95 Å². The number of hydrogen-bond acceptors (Lipinski definition) is 5. The van der Waals surface area contributed by atoms with Crippen molar-refractivity contribution in [3.05, 3.63) is 66.4 Å². The monoisotopic (exact) mass is 360 g/mol. The van der Waals surface area contributed by atoms with Gasteiger partial charge in [-0.3, -0.25) is 0 Å². The number of rotatable bonds is 5. The molecule has 1 heterocycles. The Labute approximate surface area is 147 Å². The summed E-state index contributed by atoms with van der Waals surface area (Å²) >= 11 is 0. The molecule has 26 heavy (non-hydrogen) atoms. The van der Waals surface area contributed by atoms with E-state index in [4.69, 9.17) is 4.74 Å². The van der Waals surface area contributed by atoms with Crippen LogP contribution >= 0.6 is 0 Å². The first-order chi connectivity index (χ1) is 12.5. The number of anilines is 4. The quantitative estimate of drug-likeness (QED) is 0.671. The minimum Gasteiger partial charge on any atom is -0.495 e. The van der Waals surface area contributed by atoms with Crippen molar-refractivity contribution >= 4 is 23.1 Å². The predicted molar refractivity (Wildman–Crippen MR) is 93.0 cm³/mol. The molecule has 0 bridgehead atoms. The maximum absolute atomic E-state index is 12.8. The molecule has 0 unspecified atom stereocenters. The highest BCUT2D eigenvalue weighted by atomic mass is 19.4. The molecule has 134 valence electrons. The van der Waals surface area contributed by atoms with Gasteiger partial charge in [0, 0.05) is 11.9 Å². The highest BCUT2D eigenvalue weighted by molar-refractivity contribution is 5.64. The Morgan fingerprint density at radius 3 is 2.54 bits per heavy atom. The molecule has 1 aromatic heterocycles. The number of hydrogen-bond donors (Lipinski definition) is 2. The van der Waals surface area contributed by atoms with Gasteiger partial charge in [0.05, 0.1) is 18.4 Å². The van der Waals surface area contributed by atoms with Gasteiger partial charge in [0.1, 0.15) is 11.6 Å². The second kappa shape index (κ2) is 7.30. The summed E-state index contributed by atoms with van der Waals surface area (Å²) in [5.41, 5.74) is 0.219. The number of para-hydroxylation sites is 2. The topological polar surface area (TPSA) is 59.1 Å². The molecule has 8 heteroatoms. The SMILES string of the molecule is COc1ccccc1Nc1nccc(Nc2cccc(C(F)(F)F)c2)n1. The largest absolute Gasteiger partial charge is 0.495 e. The van der Waals surface area contributed by atoms with E-state index in [1.165, 1.54) is 18.3 Å². The van der Waals surface area contributed by atoms with E-state index in [2.05, 4.69) is 20.6 Å². The number of halogens is 3. The summed E-state index contributed by atoms with van der Waals surface area (Å²) in [4.78, 5) is 8.37. The van der Waals surface area contributed by atoms with Crippen LogP contribution in [0.25, 0.3) is 0 Å². The first kappa shape index (κ1) is 17.5. The number of alkyl halides is 3. The van der Waals surface area contributed by atoms with Gasteiger partial charge in [-0.25, -0.2) is 4.98 Å². The van der Waals surface area contributed by atoms with Crippen LogP contribution in [0.3, 0.4) is 0 Å². The zero-order valence-electron chi connectivity index (χ0n) is 13.7. The van der Waals surface area contributed by atoms with Crippen LogP contribution in [0, 0.1) is 0 Å². The summed E-state index contributed by atoms with van der Waals surface area (Å²) in [7, 11) is 1.55. The van der Waals surface area contributed by atoms with E-state index >= 15 is 0 Å². The standard InChI is InChI=1S/C18H15F3N4O/c1-26-15-8-3-2-7-14(15)24-17-22-10-9-16(25-17)23-13-6-4-5-12(11-13)18(19,20)21/h2-11H,1H3,(H2,22,23,24,25). The molecule has 0 aliphatic carbocycles. The molecule has 3 aromatic rings. The summed E-state index contributed by atoms with van der Waals surface area (Å²) in [5.74, 6) is 1.26. The Morgan fingerprint density at radius 1 is 0.962 bits per heavy atom. The molecular formula is C18H15F3N4O. The third-order valence-corrected chi connectivity index (χ3v) is 3.47. The Balaban J connectivity index is 1.80. The van der Waals surface area contributed by atoms with Crippen LogP contribution in [0.5, 0.6) is 5.75 Å². The van der Waals surface area contributed by atoms with Crippen molar-refractivity contribution in [3.63, 3.8) is 0 Å². The Morgan fingerprint density at radius 2 is 1.77 bits per heavy atom. The normalized spacial score (nSPS) is 11.1. The Kier molecular flexibility index (Phi) is 4.92. The van der Waals surface area contributed by atoms with Gasteiger partial charge in [-0.05, 0) is 36.4 Å². The summed E-state index contributed by atoms with van der Waals surface area (Å²) < 4.78 is 43.7. The van der Waals surface area contributed by atoms with Gasteiger partial charge >= 0.3 is 6.18 Å². The molecular weight excluding hydrogens is 345 g/mol. The van der Waals surface area contributed by atoms with Crippen molar-refractivity contribution < 1.29 is 17.9 Å². The van der Waals surface area contributed by atoms with Crippen molar-refractivity contribution in [1.29, 1.82) is 0 Å². The Hall–Kier alpha value is -3.29. The van der Waals surface area contributed by atoms with Crippen LogP contribution in [0.2, 0.25) is 0 Å². The van der Waals surface area contributed by atoms with E-state index < -0.39 is 11.7 Å².